The minimum Gasteiger partial charge on any atom is -0.305 e. The Bertz CT molecular complexity index is 1080. The first kappa shape index (κ1) is 18.1. The van der Waals surface area contributed by atoms with Crippen molar-refractivity contribution in [2.24, 2.45) is 7.05 Å². The van der Waals surface area contributed by atoms with Gasteiger partial charge in [0.1, 0.15) is 0 Å². The van der Waals surface area contributed by atoms with Crippen molar-refractivity contribution in [3.05, 3.63) is 58.6 Å². The number of sulfone groups is 1. The third kappa shape index (κ3) is 3.60. The van der Waals surface area contributed by atoms with Crippen molar-refractivity contribution >= 4 is 27.3 Å². The first-order valence-corrected chi connectivity index (χ1v) is 10.1. The van der Waals surface area contributed by atoms with E-state index in [1.54, 1.807) is 11.6 Å². The van der Waals surface area contributed by atoms with Gasteiger partial charge in [0.15, 0.2) is 20.8 Å². The maximum absolute atomic E-state index is 11.6. The van der Waals surface area contributed by atoms with Crippen molar-refractivity contribution in [1.29, 1.82) is 0 Å². The van der Waals surface area contributed by atoms with Gasteiger partial charge in [-0.15, -0.1) is 10.2 Å². The molecule has 10 heteroatoms. The molecule has 0 amide bonds. The van der Waals surface area contributed by atoms with Gasteiger partial charge < -0.3 is 4.57 Å². The van der Waals surface area contributed by atoms with Crippen LogP contribution in [0.25, 0.3) is 11.4 Å². The molecule has 26 heavy (non-hydrogen) atoms. The average Bonchev–Trinajstić information content (AvgIpc) is 2.95. The monoisotopic (exact) mass is 390 g/mol. The summed E-state index contributed by atoms with van der Waals surface area (Å²) < 4.78 is 25.0. The lowest BCUT2D eigenvalue weighted by Crippen LogP contribution is -2.00. The van der Waals surface area contributed by atoms with Crippen molar-refractivity contribution in [2.45, 2.75) is 14.9 Å². The van der Waals surface area contributed by atoms with Crippen molar-refractivity contribution in [3.8, 4) is 11.4 Å². The lowest BCUT2D eigenvalue weighted by molar-refractivity contribution is -0.388. The summed E-state index contributed by atoms with van der Waals surface area (Å²) in [5, 5.41) is 20.0. The summed E-state index contributed by atoms with van der Waals surface area (Å²) >= 11 is 1.06. The normalized spacial score (nSPS) is 11.5. The molecular formula is C16H14N4O4S2. The fourth-order valence-electron chi connectivity index (χ4n) is 2.30. The molecule has 1 aromatic heterocycles. The van der Waals surface area contributed by atoms with E-state index in [0.29, 0.717) is 11.0 Å². The Balaban J connectivity index is 2.00. The van der Waals surface area contributed by atoms with Crippen LogP contribution in [0, 0.1) is 10.1 Å². The molecule has 134 valence electrons. The summed E-state index contributed by atoms with van der Waals surface area (Å²) in [5.74, 6) is 0.628. The maximum Gasteiger partial charge on any atom is 0.284 e. The van der Waals surface area contributed by atoms with Crippen molar-refractivity contribution in [3.63, 3.8) is 0 Å². The van der Waals surface area contributed by atoms with Gasteiger partial charge >= 0.3 is 0 Å². The number of nitrogens with zero attached hydrogens (tertiary/aromatic N) is 4. The molecule has 0 aliphatic carbocycles. The number of aromatic nitrogens is 3. The van der Waals surface area contributed by atoms with Crippen LogP contribution < -0.4 is 0 Å². The second kappa shape index (κ2) is 6.89. The largest absolute Gasteiger partial charge is 0.305 e. The molecule has 2 aromatic carbocycles. The number of nitro groups is 1. The third-order valence-corrected chi connectivity index (χ3v) is 5.84. The smallest absolute Gasteiger partial charge is 0.284 e. The van der Waals surface area contributed by atoms with E-state index >= 15 is 0 Å². The summed E-state index contributed by atoms with van der Waals surface area (Å²) in [5.41, 5.74) is 0.582. The highest BCUT2D eigenvalue weighted by molar-refractivity contribution is 7.99. The molecule has 3 rings (SSSR count). The van der Waals surface area contributed by atoms with Crippen molar-refractivity contribution in [1.82, 2.24) is 14.8 Å². The van der Waals surface area contributed by atoms with Crippen LogP contribution in [0.1, 0.15) is 0 Å². The average molecular weight is 390 g/mol. The molecular weight excluding hydrogens is 376 g/mol. The van der Waals surface area contributed by atoms with Gasteiger partial charge in [-0.2, -0.15) is 0 Å². The van der Waals surface area contributed by atoms with Crippen LogP contribution in [0.3, 0.4) is 0 Å². The highest BCUT2D eigenvalue weighted by atomic mass is 32.2. The molecule has 0 saturated carbocycles. The summed E-state index contributed by atoms with van der Waals surface area (Å²) in [6.07, 6.45) is 1.01. The first-order valence-electron chi connectivity index (χ1n) is 7.38. The second-order valence-corrected chi connectivity index (χ2v) is 8.52. The lowest BCUT2D eigenvalue weighted by Gasteiger charge is -2.06. The molecule has 0 N–H and O–H groups in total. The Morgan fingerprint density at radius 2 is 1.81 bits per heavy atom. The molecule has 0 spiro atoms. The zero-order chi connectivity index (χ0) is 18.9. The van der Waals surface area contributed by atoms with Crippen LogP contribution in [0.15, 0.2) is 63.5 Å². The topological polar surface area (TPSA) is 108 Å². The Morgan fingerprint density at radius 3 is 2.42 bits per heavy atom. The van der Waals surface area contributed by atoms with Gasteiger partial charge in [0.25, 0.3) is 5.69 Å². The van der Waals surface area contributed by atoms with Gasteiger partial charge in [-0.3, -0.25) is 10.1 Å². The SMILES string of the molecule is Cn1c(Sc2ccc(S(C)(=O)=O)cc2[N+](=O)[O-])nnc1-c1ccccc1. The second-order valence-electron chi connectivity index (χ2n) is 5.49. The minimum absolute atomic E-state index is 0.100. The van der Waals surface area contributed by atoms with Crippen LogP contribution in [0.5, 0.6) is 0 Å². The molecule has 3 aromatic rings. The summed E-state index contributed by atoms with van der Waals surface area (Å²) in [6.45, 7) is 0. The van der Waals surface area contributed by atoms with E-state index in [-0.39, 0.29) is 15.5 Å². The summed E-state index contributed by atoms with van der Waals surface area (Å²) in [7, 11) is -1.77. The van der Waals surface area contributed by atoms with E-state index in [9.17, 15) is 18.5 Å². The molecule has 0 unspecified atom stereocenters. The number of hydrogen-bond acceptors (Lipinski definition) is 7. The number of hydrogen-bond donors (Lipinski definition) is 0. The number of benzene rings is 2. The fraction of sp³-hybridized carbons (Fsp3) is 0.125. The maximum atomic E-state index is 11.6. The standard InChI is InChI=1S/C16H14N4O4S2/c1-19-15(11-6-4-3-5-7-11)17-18-16(19)25-14-9-8-12(26(2,23)24)10-13(14)20(21)22/h3-10H,1-2H3. The van der Waals surface area contributed by atoms with Gasteiger partial charge in [-0.1, -0.05) is 30.3 Å². The molecule has 0 fully saturated rings. The van der Waals surface area contributed by atoms with Crippen LogP contribution in [-0.2, 0) is 16.9 Å². The predicted molar refractivity (Wildman–Crippen MR) is 96.8 cm³/mol. The van der Waals surface area contributed by atoms with E-state index in [1.165, 1.54) is 12.1 Å². The van der Waals surface area contributed by atoms with Gasteiger partial charge in [0.05, 0.1) is 14.7 Å². The van der Waals surface area contributed by atoms with E-state index in [0.717, 1.165) is 29.6 Å². The van der Waals surface area contributed by atoms with Crippen molar-refractivity contribution < 1.29 is 13.3 Å². The molecule has 0 aliphatic heterocycles. The number of rotatable bonds is 5. The molecule has 8 nitrogen and oxygen atoms in total. The van der Waals surface area contributed by atoms with E-state index in [1.807, 2.05) is 30.3 Å². The van der Waals surface area contributed by atoms with E-state index in [4.69, 9.17) is 0 Å². The Kier molecular flexibility index (Phi) is 4.79. The van der Waals surface area contributed by atoms with E-state index < -0.39 is 14.8 Å². The van der Waals surface area contributed by atoms with Crippen LogP contribution in [-0.4, -0.2) is 34.4 Å². The lowest BCUT2D eigenvalue weighted by atomic mass is 10.2. The van der Waals surface area contributed by atoms with Crippen molar-refractivity contribution in [2.75, 3.05) is 6.26 Å². The zero-order valence-corrected chi connectivity index (χ0v) is 15.5. The number of nitro benzene ring substituents is 1. The summed E-state index contributed by atoms with van der Waals surface area (Å²) in [6, 6.07) is 13.3. The Labute approximate surface area is 154 Å². The fourth-order valence-corrected chi connectivity index (χ4v) is 3.81. The van der Waals surface area contributed by atoms with Gasteiger partial charge in [0.2, 0.25) is 0 Å². The van der Waals surface area contributed by atoms with Gasteiger partial charge in [0, 0.05) is 24.9 Å². The first-order chi connectivity index (χ1) is 12.3. The minimum atomic E-state index is -3.54. The van der Waals surface area contributed by atoms with Crippen LogP contribution in [0.2, 0.25) is 0 Å². The van der Waals surface area contributed by atoms with Crippen LogP contribution in [0.4, 0.5) is 5.69 Å². The van der Waals surface area contributed by atoms with Gasteiger partial charge in [-0.05, 0) is 23.9 Å². The quantitative estimate of drug-likeness (QED) is 0.487. The molecule has 0 bridgehead atoms. The molecule has 0 saturated heterocycles. The van der Waals surface area contributed by atoms with Gasteiger partial charge in [-0.25, -0.2) is 8.42 Å². The zero-order valence-electron chi connectivity index (χ0n) is 13.9. The highest BCUT2D eigenvalue weighted by Gasteiger charge is 2.21. The molecule has 1 heterocycles. The predicted octanol–water partition coefficient (Wildman–Crippen LogP) is 2.95. The highest BCUT2D eigenvalue weighted by Crippen LogP contribution is 2.36. The van der Waals surface area contributed by atoms with Crippen LogP contribution >= 0.6 is 11.8 Å². The summed E-state index contributed by atoms with van der Waals surface area (Å²) in [4.78, 5) is 10.9. The molecule has 0 radical (unpaired) electrons. The van der Waals surface area contributed by atoms with E-state index in [2.05, 4.69) is 10.2 Å². The third-order valence-electron chi connectivity index (χ3n) is 3.62. The molecule has 0 atom stereocenters. The molecule has 0 aliphatic rings. The Morgan fingerprint density at radius 1 is 1.12 bits per heavy atom. The Hall–Kier alpha value is -2.72.